The lowest BCUT2D eigenvalue weighted by Gasteiger charge is -2.10. The number of amides is 2. The average Bonchev–Trinajstić information content (AvgIpc) is 2.89. The molecular formula is C13H15ClN4O4. The van der Waals surface area contributed by atoms with Crippen LogP contribution in [0, 0.1) is 0 Å². The van der Waals surface area contributed by atoms with Gasteiger partial charge in [0.2, 0.25) is 5.95 Å². The molecule has 8 nitrogen and oxygen atoms in total. The number of hydrogen-bond donors (Lipinski definition) is 2. The Labute approximate surface area is 131 Å². The van der Waals surface area contributed by atoms with Gasteiger partial charge in [-0.05, 0) is 12.1 Å². The van der Waals surface area contributed by atoms with E-state index >= 15 is 0 Å². The third-order valence-electron chi connectivity index (χ3n) is 2.71. The molecule has 2 aromatic rings. The van der Waals surface area contributed by atoms with E-state index in [4.69, 9.17) is 16.3 Å². The molecule has 0 saturated heterocycles. The molecule has 0 saturated carbocycles. The van der Waals surface area contributed by atoms with Crippen LogP contribution in [0.25, 0.3) is 11.0 Å². The molecule has 9 heteroatoms. The Morgan fingerprint density at radius 3 is 2.86 bits per heavy atom. The fraction of sp³-hybridized carbons (Fsp3) is 0.308. The van der Waals surface area contributed by atoms with Gasteiger partial charge in [-0.15, -0.1) is 11.6 Å². The highest BCUT2D eigenvalue weighted by atomic mass is 35.5. The Hall–Kier alpha value is -2.32. The number of benzene rings is 1. The smallest absolute Gasteiger partial charge is 0.413 e. The minimum absolute atomic E-state index is 0.00424. The van der Waals surface area contributed by atoms with Gasteiger partial charge < -0.3 is 14.8 Å². The number of rotatable bonds is 5. The number of ether oxygens (including phenoxy) is 2. The maximum Gasteiger partial charge on any atom is 0.413 e. The van der Waals surface area contributed by atoms with Crippen LogP contribution in [0.5, 0.6) is 0 Å². The normalized spacial score (nSPS) is 10.5. The zero-order valence-corrected chi connectivity index (χ0v) is 12.6. The number of imidazole rings is 1. The van der Waals surface area contributed by atoms with Gasteiger partial charge in [-0.1, -0.05) is 12.1 Å². The predicted molar refractivity (Wildman–Crippen MR) is 81.2 cm³/mol. The van der Waals surface area contributed by atoms with Gasteiger partial charge in [0.05, 0.1) is 24.8 Å². The van der Waals surface area contributed by atoms with Crippen LogP contribution in [0.3, 0.4) is 0 Å². The van der Waals surface area contributed by atoms with E-state index in [-0.39, 0.29) is 12.7 Å². The van der Waals surface area contributed by atoms with E-state index < -0.39 is 12.1 Å². The van der Waals surface area contributed by atoms with Crippen molar-refractivity contribution in [2.45, 2.75) is 0 Å². The number of alkyl halides is 1. The summed E-state index contributed by atoms with van der Waals surface area (Å²) < 4.78 is 10.9. The number of hydrogen-bond acceptors (Lipinski definition) is 5. The maximum atomic E-state index is 12.3. The lowest BCUT2D eigenvalue weighted by atomic mass is 10.3. The number of methoxy groups -OCH3 is 1. The maximum absolute atomic E-state index is 12.3. The second-order valence-corrected chi connectivity index (χ2v) is 4.48. The van der Waals surface area contributed by atoms with Crippen molar-refractivity contribution in [3.8, 4) is 0 Å². The number of aromatic nitrogens is 2. The van der Waals surface area contributed by atoms with Crippen LogP contribution in [-0.4, -0.2) is 48.0 Å². The van der Waals surface area contributed by atoms with Gasteiger partial charge in [0.15, 0.2) is 0 Å². The van der Waals surface area contributed by atoms with Crippen molar-refractivity contribution in [2.24, 2.45) is 0 Å². The van der Waals surface area contributed by atoms with E-state index in [9.17, 15) is 9.59 Å². The summed E-state index contributed by atoms with van der Waals surface area (Å²) >= 11 is 5.48. The fourth-order valence-electron chi connectivity index (χ4n) is 1.78. The van der Waals surface area contributed by atoms with Crippen LogP contribution >= 0.6 is 11.6 Å². The SMILES string of the molecule is COC(=O)Nc1nc2ccccc2n1C(=O)NCOCCCl. The molecule has 0 fully saturated rings. The molecule has 1 aromatic carbocycles. The third-order valence-corrected chi connectivity index (χ3v) is 2.86. The van der Waals surface area contributed by atoms with Crippen LogP contribution < -0.4 is 10.6 Å². The van der Waals surface area contributed by atoms with Gasteiger partial charge in [0, 0.05) is 5.88 Å². The van der Waals surface area contributed by atoms with E-state index in [2.05, 4.69) is 20.4 Å². The zero-order chi connectivity index (χ0) is 15.9. The number of anilines is 1. The number of nitrogens with one attached hydrogen (secondary N) is 2. The van der Waals surface area contributed by atoms with E-state index in [0.717, 1.165) is 0 Å². The molecule has 0 spiro atoms. The standard InChI is InChI=1S/C13H15ClN4O4/c1-21-13(20)17-11-16-9-4-2-3-5-10(9)18(11)12(19)15-8-22-7-6-14/h2-5H,6-8H2,1H3,(H,15,19)(H,16,17,20). The van der Waals surface area contributed by atoms with Crippen molar-refractivity contribution >= 4 is 40.7 Å². The predicted octanol–water partition coefficient (Wildman–Crippen LogP) is 1.99. The third kappa shape index (κ3) is 3.66. The van der Waals surface area contributed by atoms with Crippen molar-refractivity contribution in [2.75, 3.05) is 31.6 Å². The van der Waals surface area contributed by atoms with Crippen molar-refractivity contribution in [3.05, 3.63) is 24.3 Å². The van der Waals surface area contributed by atoms with E-state index in [1.54, 1.807) is 24.3 Å². The second-order valence-electron chi connectivity index (χ2n) is 4.10. The van der Waals surface area contributed by atoms with Crippen molar-refractivity contribution < 1.29 is 19.1 Å². The minimum atomic E-state index is -0.720. The Kier molecular flexibility index (Phi) is 5.56. The molecule has 0 aliphatic heterocycles. The Balaban J connectivity index is 2.26. The summed E-state index contributed by atoms with van der Waals surface area (Å²) in [6.07, 6.45) is -0.720. The molecule has 2 N–H and O–H groups in total. The molecular weight excluding hydrogens is 312 g/mol. The van der Waals surface area contributed by atoms with Gasteiger partial charge in [-0.3, -0.25) is 5.32 Å². The zero-order valence-electron chi connectivity index (χ0n) is 11.8. The first kappa shape index (κ1) is 16.1. The Morgan fingerprint density at radius 1 is 1.36 bits per heavy atom. The summed E-state index contributed by atoms with van der Waals surface area (Å²) in [6.45, 7) is 0.315. The Bertz CT molecular complexity index is 673. The molecule has 1 aromatic heterocycles. The summed E-state index contributed by atoms with van der Waals surface area (Å²) in [5, 5.41) is 4.95. The highest BCUT2D eigenvalue weighted by Gasteiger charge is 2.18. The first-order chi connectivity index (χ1) is 10.7. The Morgan fingerprint density at radius 2 is 2.14 bits per heavy atom. The van der Waals surface area contributed by atoms with Gasteiger partial charge in [0.1, 0.15) is 6.73 Å². The topological polar surface area (TPSA) is 94.5 Å². The number of halogens is 1. The number of carbonyl (C=O) groups excluding carboxylic acids is 2. The minimum Gasteiger partial charge on any atom is -0.453 e. The van der Waals surface area contributed by atoms with E-state index in [1.165, 1.54) is 11.7 Å². The van der Waals surface area contributed by atoms with Crippen LogP contribution in [0.1, 0.15) is 0 Å². The van der Waals surface area contributed by atoms with Crippen LogP contribution in [0.2, 0.25) is 0 Å². The average molecular weight is 327 g/mol. The van der Waals surface area contributed by atoms with Crippen LogP contribution in [-0.2, 0) is 9.47 Å². The van der Waals surface area contributed by atoms with Gasteiger partial charge >= 0.3 is 12.1 Å². The molecule has 0 bridgehead atoms. The summed E-state index contributed by atoms with van der Waals surface area (Å²) in [6, 6.07) is 6.49. The first-order valence-corrected chi connectivity index (χ1v) is 6.95. The lowest BCUT2D eigenvalue weighted by Crippen LogP contribution is -2.32. The lowest BCUT2D eigenvalue weighted by molar-refractivity contribution is 0.134. The van der Waals surface area contributed by atoms with Gasteiger partial charge in [-0.25, -0.2) is 19.1 Å². The first-order valence-electron chi connectivity index (χ1n) is 6.41. The number of nitrogens with zero attached hydrogens (tertiary/aromatic N) is 2. The molecule has 0 aliphatic carbocycles. The summed E-state index contributed by atoms with van der Waals surface area (Å²) in [5.41, 5.74) is 1.11. The van der Waals surface area contributed by atoms with Crippen molar-refractivity contribution in [1.82, 2.24) is 14.9 Å². The molecule has 0 atom stereocenters. The van der Waals surface area contributed by atoms with E-state index in [1.807, 2.05) is 0 Å². The number of fused-ring (bicyclic) bond motifs is 1. The largest absolute Gasteiger partial charge is 0.453 e. The summed E-state index contributed by atoms with van der Waals surface area (Å²) in [5.74, 6) is 0.391. The quantitative estimate of drug-likeness (QED) is 0.498. The van der Waals surface area contributed by atoms with Gasteiger partial charge in [0.25, 0.3) is 0 Å². The fourth-order valence-corrected chi connectivity index (χ4v) is 1.89. The number of para-hydroxylation sites is 2. The molecule has 22 heavy (non-hydrogen) atoms. The molecule has 118 valence electrons. The molecule has 0 radical (unpaired) electrons. The summed E-state index contributed by atoms with van der Waals surface area (Å²) in [4.78, 5) is 27.8. The highest BCUT2D eigenvalue weighted by Crippen LogP contribution is 2.19. The van der Waals surface area contributed by atoms with Crippen molar-refractivity contribution in [3.63, 3.8) is 0 Å². The molecule has 2 rings (SSSR count). The van der Waals surface area contributed by atoms with Crippen LogP contribution in [0.4, 0.5) is 15.5 Å². The summed E-state index contributed by atoms with van der Waals surface area (Å²) in [7, 11) is 1.22. The monoisotopic (exact) mass is 326 g/mol. The highest BCUT2D eigenvalue weighted by molar-refractivity contribution is 6.17. The molecule has 0 aliphatic rings. The van der Waals surface area contributed by atoms with E-state index in [0.29, 0.717) is 23.5 Å². The van der Waals surface area contributed by atoms with Crippen molar-refractivity contribution in [1.29, 1.82) is 0 Å². The molecule has 0 unspecified atom stereocenters. The molecule has 2 amide bonds. The van der Waals surface area contributed by atoms with Crippen LogP contribution in [0.15, 0.2) is 24.3 Å². The number of carbonyl (C=O) groups is 2. The van der Waals surface area contributed by atoms with Gasteiger partial charge in [-0.2, -0.15) is 0 Å². The second kappa shape index (κ2) is 7.62. The molecule has 1 heterocycles.